The van der Waals surface area contributed by atoms with Crippen LogP contribution in [0.1, 0.15) is 34.8 Å². The number of thiophene rings is 1. The molecular formula is C19H19N3OS. The molecule has 0 spiro atoms. The minimum atomic E-state index is -0.565. The third-order valence-corrected chi connectivity index (χ3v) is 4.84. The molecule has 0 aromatic carbocycles. The normalized spacial score (nSPS) is 11.3. The number of hydrogen-bond donors (Lipinski definition) is 1. The van der Waals surface area contributed by atoms with Gasteiger partial charge in [0, 0.05) is 33.9 Å². The molecule has 0 saturated heterocycles. The van der Waals surface area contributed by atoms with Crippen LogP contribution in [0.3, 0.4) is 0 Å². The molecule has 4 nitrogen and oxygen atoms in total. The summed E-state index contributed by atoms with van der Waals surface area (Å²) in [5, 5.41) is 3.08. The molecule has 3 heterocycles. The first kappa shape index (κ1) is 16.3. The Hall–Kier alpha value is -2.53. The summed E-state index contributed by atoms with van der Waals surface area (Å²) in [4.78, 5) is 23.7. The maximum atomic E-state index is 12.9. The number of rotatable bonds is 4. The summed E-state index contributed by atoms with van der Waals surface area (Å²) in [6.07, 6.45) is 5.12. The molecule has 122 valence electrons. The molecule has 0 aliphatic rings. The van der Waals surface area contributed by atoms with Gasteiger partial charge in [0.1, 0.15) is 0 Å². The summed E-state index contributed by atoms with van der Waals surface area (Å²) in [5.74, 6) is -0.130. The van der Waals surface area contributed by atoms with Gasteiger partial charge < -0.3 is 5.32 Å². The van der Waals surface area contributed by atoms with Gasteiger partial charge in [-0.1, -0.05) is 6.07 Å². The highest BCUT2D eigenvalue weighted by atomic mass is 32.1. The molecule has 0 saturated carbocycles. The van der Waals surface area contributed by atoms with Crippen LogP contribution in [0.4, 0.5) is 0 Å². The van der Waals surface area contributed by atoms with E-state index in [1.165, 1.54) is 4.88 Å². The van der Waals surface area contributed by atoms with E-state index in [2.05, 4.69) is 22.2 Å². The second-order valence-electron chi connectivity index (χ2n) is 6.13. The van der Waals surface area contributed by atoms with Crippen LogP contribution in [0.25, 0.3) is 10.4 Å². The third-order valence-electron chi connectivity index (χ3n) is 3.80. The lowest BCUT2D eigenvalue weighted by molar-refractivity contribution is 0.0911. The Labute approximate surface area is 145 Å². The van der Waals surface area contributed by atoms with Crippen molar-refractivity contribution in [1.29, 1.82) is 0 Å². The van der Waals surface area contributed by atoms with E-state index in [1.54, 1.807) is 36.0 Å². The van der Waals surface area contributed by atoms with E-state index in [9.17, 15) is 4.79 Å². The van der Waals surface area contributed by atoms with Crippen molar-refractivity contribution in [3.8, 4) is 10.4 Å². The molecule has 1 N–H and O–H groups in total. The van der Waals surface area contributed by atoms with Crippen molar-refractivity contribution < 1.29 is 4.79 Å². The van der Waals surface area contributed by atoms with Gasteiger partial charge in [-0.05, 0) is 51.1 Å². The van der Waals surface area contributed by atoms with Gasteiger partial charge in [-0.2, -0.15) is 0 Å². The van der Waals surface area contributed by atoms with Gasteiger partial charge in [0.2, 0.25) is 0 Å². The average molecular weight is 337 g/mol. The van der Waals surface area contributed by atoms with Gasteiger partial charge in [0.15, 0.2) is 0 Å². The molecular weight excluding hydrogens is 318 g/mol. The number of nitrogens with zero attached hydrogens (tertiary/aromatic N) is 2. The summed E-state index contributed by atoms with van der Waals surface area (Å²) >= 11 is 1.65. The zero-order chi connectivity index (χ0) is 17.2. The molecule has 0 unspecified atom stereocenters. The molecule has 5 heteroatoms. The summed E-state index contributed by atoms with van der Waals surface area (Å²) in [6.45, 7) is 5.95. The second-order valence-corrected chi connectivity index (χ2v) is 7.41. The molecule has 0 aliphatic heterocycles. The van der Waals surface area contributed by atoms with Crippen LogP contribution in [-0.2, 0) is 5.54 Å². The molecule has 0 radical (unpaired) electrons. The highest BCUT2D eigenvalue weighted by Gasteiger charge is 2.26. The van der Waals surface area contributed by atoms with Gasteiger partial charge >= 0.3 is 0 Å². The molecule has 0 atom stereocenters. The Balaban J connectivity index is 1.91. The largest absolute Gasteiger partial charge is 0.341 e. The first-order valence-electron chi connectivity index (χ1n) is 7.72. The zero-order valence-electron chi connectivity index (χ0n) is 13.9. The predicted molar refractivity (Wildman–Crippen MR) is 97.0 cm³/mol. The number of carbonyl (C=O) groups excluding carboxylic acids is 1. The average Bonchev–Trinajstić information content (AvgIpc) is 3.01. The Morgan fingerprint density at radius 2 is 1.96 bits per heavy atom. The van der Waals surface area contributed by atoms with Crippen LogP contribution in [0, 0.1) is 6.92 Å². The van der Waals surface area contributed by atoms with Gasteiger partial charge in [0.25, 0.3) is 5.91 Å². The number of hydrogen-bond acceptors (Lipinski definition) is 4. The van der Waals surface area contributed by atoms with E-state index in [1.807, 2.05) is 44.2 Å². The lowest BCUT2D eigenvalue weighted by Crippen LogP contribution is -2.41. The standard InChI is InChI=1S/C19H19N3OS/c1-13-7-8-16(24-13)15-12-20-11-9-14(15)18(23)22-19(2,3)17-6-4-5-10-21-17/h4-12H,1-3H3,(H,22,23). The lowest BCUT2D eigenvalue weighted by Gasteiger charge is -2.26. The Morgan fingerprint density at radius 1 is 1.12 bits per heavy atom. The molecule has 1 amide bonds. The van der Waals surface area contributed by atoms with E-state index in [-0.39, 0.29) is 5.91 Å². The van der Waals surface area contributed by atoms with E-state index in [0.29, 0.717) is 5.56 Å². The number of nitrogens with one attached hydrogen (secondary N) is 1. The Kier molecular flexibility index (Phi) is 4.44. The van der Waals surface area contributed by atoms with Crippen LogP contribution < -0.4 is 5.32 Å². The minimum Gasteiger partial charge on any atom is -0.341 e. The fourth-order valence-electron chi connectivity index (χ4n) is 2.52. The van der Waals surface area contributed by atoms with Crippen molar-refractivity contribution in [2.45, 2.75) is 26.3 Å². The number of carbonyl (C=O) groups is 1. The fraction of sp³-hybridized carbons (Fsp3) is 0.211. The second kappa shape index (κ2) is 6.53. The number of aromatic nitrogens is 2. The lowest BCUT2D eigenvalue weighted by atomic mass is 9.98. The van der Waals surface area contributed by atoms with E-state index >= 15 is 0 Å². The topological polar surface area (TPSA) is 54.9 Å². The van der Waals surface area contributed by atoms with Crippen LogP contribution in [0.5, 0.6) is 0 Å². The molecule has 3 rings (SSSR count). The highest BCUT2D eigenvalue weighted by molar-refractivity contribution is 7.15. The molecule has 3 aromatic rings. The number of pyridine rings is 2. The SMILES string of the molecule is Cc1ccc(-c2cnccc2C(=O)NC(C)(C)c2ccccn2)s1. The monoisotopic (exact) mass is 337 g/mol. The molecule has 3 aromatic heterocycles. The van der Waals surface area contributed by atoms with Gasteiger partial charge in [0.05, 0.1) is 16.8 Å². The fourth-order valence-corrected chi connectivity index (χ4v) is 3.41. The van der Waals surface area contributed by atoms with E-state index in [4.69, 9.17) is 0 Å². The molecule has 24 heavy (non-hydrogen) atoms. The molecule has 0 aliphatic carbocycles. The quantitative estimate of drug-likeness (QED) is 0.777. The van der Waals surface area contributed by atoms with Crippen LogP contribution in [-0.4, -0.2) is 15.9 Å². The smallest absolute Gasteiger partial charge is 0.252 e. The highest BCUT2D eigenvalue weighted by Crippen LogP contribution is 2.30. The number of aryl methyl sites for hydroxylation is 1. The Bertz CT molecular complexity index is 856. The predicted octanol–water partition coefficient (Wildman–Crippen LogP) is 4.18. The van der Waals surface area contributed by atoms with Crippen molar-refractivity contribution in [3.63, 3.8) is 0 Å². The van der Waals surface area contributed by atoms with Gasteiger partial charge in [-0.25, -0.2) is 0 Å². The van der Waals surface area contributed by atoms with Gasteiger partial charge in [-0.3, -0.25) is 14.8 Å². The van der Waals surface area contributed by atoms with Crippen LogP contribution >= 0.6 is 11.3 Å². The summed E-state index contributed by atoms with van der Waals surface area (Å²) in [6, 6.07) is 11.5. The minimum absolute atomic E-state index is 0.130. The van der Waals surface area contributed by atoms with Crippen molar-refractivity contribution >= 4 is 17.2 Å². The van der Waals surface area contributed by atoms with Crippen LogP contribution in [0.15, 0.2) is 55.0 Å². The van der Waals surface area contributed by atoms with Crippen LogP contribution in [0.2, 0.25) is 0 Å². The first-order chi connectivity index (χ1) is 11.5. The summed E-state index contributed by atoms with van der Waals surface area (Å²) in [5.41, 5.74) is 1.73. The molecule has 0 bridgehead atoms. The Morgan fingerprint density at radius 3 is 2.62 bits per heavy atom. The van der Waals surface area contributed by atoms with Crippen molar-refractivity contribution in [2.75, 3.05) is 0 Å². The summed E-state index contributed by atoms with van der Waals surface area (Å²) < 4.78 is 0. The zero-order valence-corrected chi connectivity index (χ0v) is 14.7. The van der Waals surface area contributed by atoms with Crippen molar-refractivity contribution in [2.24, 2.45) is 0 Å². The maximum Gasteiger partial charge on any atom is 0.252 e. The van der Waals surface area contributed by atoms with Crippen molar-refractivity contribution in [1.82, 2.24) is 15.3 Å². The first-order valence-corrected chi connectivity index (χ1v) is 8.54. The maximum absolute atomic E-state index is 12.9. The van der Waals surface area contributed by atoms with E-state index in [0.717, 1.165) is 16.1 Å². The third kappa shape index (κ3) is 3.36. The van der Waals surface area contributed by atoms with Crippen molar-refractivity contribution in [3.05, 3.63) is 71.1 Å². The summed E-state index contributed by atoms with van der Waals surface area (Å²) in [7, 11) is 0. The van der Waals surface area contributed by atoms with Gasteiger partial charge in [-0.15, -0.1) is 11.3 Å². The molecule has 0 fully saturated rings. The number of amides is 1. The van der Waals surface area contributed by atoms with E-state index < -0.39 is 5.54 Å².